The molecule has 0 aromatic rings. The van der Waals surface area contributed by atoms with Crippen molar-refractivity contribution in [3.05, 3.63) is 12.7 Å². The van der Waals surface area contributed by atoms with E-state index in [0.717, 1.165) is 19.3 Å². The highest BCUT2D eigenvalue weighted by molar-refractivity contribution is 5.73. The van der Waals surface area contributed by atoms with E-state index in [1.54, 1.807) is 6.08 Å². The predicted molar refractivity (Wildman–Crippen MR) is 47.3 cm³/mol. The zero-order chi connectivity index (χ0) is 8.69. The summed E-state index contributed by atoms with van der Waals surface area (Å²) in [5, 5.41) is 2.81. The van der Waals surface area contributed by atoms with Gasteiger partial charge >= 0.3 is 0 Å². The third-order valence-electron chi connectivity index (χ3n) is 1.54. The normalized spacial score (nSPS) is 12.2. The minimum Gasteiger partial charge on any atom is -0.350 e. The molecule has 0 saturated heterocycles. The standard InChI is InChI=1S/C9H17NO/c1-4-6-7-9(5-2)10-8(3)11/h5,9H,2,4,6-7H2,1,3H3,(H,10,11). The van der Waals surface area contributed by atoms with Crippen LogP contribution in [0.5, 0.6) is 0 Å². The zero-order valence-electron chi connectivity index (χ0n) is 7.39. The minimum absolute atomic E-state index is 0.0194. The molecule has 2 nitrogen and oxygen atoms in total. The topological polar surface area (TPSA) is 29.1 Å². The van der Waals surface area contributed by atoms with Crippen molar-refractivity contribution in [3.8, 4) is 0 Å². The summed E-state index contributed by atoms with van der Waals surface area (Å²) in [6.45, 7) is 7.32. The fourth-order valence-corrected chi connectivity index (χ4v) is 0.934. The van der Waals surface area contributed by atoms with Crippen molar-refractivity contribution in [2.24, 2.45) is 0 Å². The number of hydrogen-bond acceptors (Lipinski definition) is 1. The van der Waals surface area contributed by atoms with Gasteiger partial charge in [0.05, 0.1) is 0 Å². The van der Waals surface area contributed by atoms with Crippen LogP contribution in [0.2, 0.25) is 0 Å². The summed E-state index contributed by atoms with van der Waals surface area (Å²) in [5.41, 5.74) is 0. The van der Waals surface area contributed by atoms with Gasteiger partial charge in [-0.2, -0.15) is 0 Å². The third-order valence-corrected chi connectivity index (χ3v) is 1.54. The van der Waals surface area contributed by atoms with Gasteiger partial charge in [0.25, 0.3) is 0 Å². The SMILES string of the molecule is C=CC(CCCC)NC(C)=O. The summed E-state index contributed by atoms with van der Waals surface area (Å²) < 4.78 is 0. The molecule has 2 heteroatoms. The number of carbonyl (C=O) groups excluding carboxylic acids is 1. The second-order valence-electron chi connectivity index (χ2n) is 2.68. The van der Waals surface area contributed by atoms with E-state index in [9.17, 15) is 4.79 Å². The maximum atomic E-state index is 10.6. The van der Waals surface area contributed by atoms with Crippen LogP contribution in [0, 0.1) is 0 Å². The van der Waals surface area contributed by atoms with E-state index >= 15 is 0 Å². The van der Waals surface area contributed by atoms with Crippen molar-refractivity contribution in [1.82, 2.24) is 5.32 Å². The van der Waals surface area contributed by atoms with Crippen molar-refractivity contribution in [1.29, 1.82) is 0 Å². The molecule has 0 radical (unpaired) electrons. The quantitative estimate of drug-likeness (QED) is 0.603. The van der Waals surface area contributed by atoms with Gasteiger partial charge in [0.15, 0.2) is 0 Å². The maximum Gasteiger partial charge on any atom is 0.217 e. The highest BCUT2D eigenvalue weighted by atomic mass is 16.1. The van der Waals surface area contributed by atoms with Crippen LogP contribution in [0.3, 0.4) is 0 Å². The first-order valence-electron chi connectivity index (χ1n) is 4.10. The van der Waals surface area contributed by atoms with Crippen LogP contribution in [-0.2, 0) is 4.79 Å². The van der Waals surface area contributed by atoms with Crippen molar-refractivity contribution in [2.45, 2.75) is 39.2 Å². The largest absolute Gasteiger partial charge is 0.350 e. The Morgan fingerprint density at radius 2 is 2.36 bits per heavy atom. The molecule has 1 amide bonds. The molecule has 1 unspecified atom stereocenters. The molecule has 64 valence electrons. The van der Waals surface area contributed by atoms with Crippen molar-refractivity contribution < 1.29 is 4.79 Å². The second kappa shape index (κ2) is 5.96. The van der Waals surface area contributed by atoms with Crippen LogP contribution in [-0.4, -0.2) is 11.9 Å². The minimum atomic E-state index is 0.0194. The molecule has 0 heterocycles. The first kappa shape index (κ1) is 10.2. The van der Waals surface area contributed by atoms with Gasteiger partial charge in [-0.1, -0.05) is 25.8 Å². The molecule has 1 N–H and O–H groups in total. The molecule has 0 aliphatic carbocycles. The van der Waals surface area contributed by atoms with Crippen molar-refractivity contribution in [2.75, 3.05) is 0 Å². The lowest BCUT2D eigenvalue weighted by Gasteiger charge is -2.11. The van der Waals surface area contributed by atoms with Gasteiger partial charge in [-0.25, -0.2) is 0 Å². The van der Waals surface area contributed by atoms with E-state index in [2.05, 4.69) is 18.8 Å². The fraction of sp³-hybridized carbons (Fsp3) is 0.667. The van der Waals surface area contributed by atoms with Crippen LogP contribution in [0.1, 0.15) is 33.1 Å². The Morgan fingerprint density at radius 1 is 1.73 bits per heavy atom. The Hall–Kier alpha value is -0.790. The zero-order valence-corrected chi connectivity index (χ0v) is 7.39. The molecule has 0 aromatic heterocycles. The van der Waals surface area contributed by atoms with Gasteiger partial charge < -0.3 is 5.32 Å². The summed E-state index contributed by atoms with van der Waals surface area (Å²) >= 11 is 0. The summed E-state index contributed by atoms with van der Waals surface area (Å²) in [6, 6.07) is 0.160. The lowest BCUT2D eigenvalue weighted by Crippen LogP contribution is -2.30. The number of amides is 1. The first-order chi connectivity index (χ1) is 5.20. The van der Waals surface area contributed by atoms with Gasteiger partial charge in [0, 0.05) is 13.0 Å². The molecular formula is C9H17NO. The Kier molecular flexibility index (Phi) is 5.53. The Bertz CT molecular complexity index is 132. The molecule has 0 bridgehead atoms. The Balaban J connectivity index is 3.57. The van der Waals surface area contributed by atoms with E-state index < -0.39 is 0 Å². The summed E-state index contributed by atoms with van der Waals surface area (Å²) in [6.07, 6.45) is 5.08. The number of unbranched alkanes of at least 4 members (excludes halogenated alkanes) is 1. The van der Waals surface area contributed by atoms with Crippen molar-refractivity contribution >= 4 is 5.91 Å². The van der Waals surface area contributed by atoms with Crippen LogP contribution in [0.15, 0.2) is 12.7 Å². The van der Waals surface area contributed by atoms with E-state index in [0.29, 0.717) is 0 Å². The van der Waals surface area contributed by atoms with E-state index in [1.807, 2.05) is 0 Å². The highest BCUT2D eigenvalue weighted by Gasteiger charge is 2.02. The van der Waals surface area contributed by atoms with E-state index in [-0.39, 0.29) is 11.9 Å². The number of carbonyl (C=O) groups is 1. The molecule has 0 aliphatic rings. The lowest BCUT2D eigenvalue weighted by molar-refractivity contribution is -0.119. The van der Waals surface area contributed by atoms with Gasteiger partial charge in [0.1, 0.15) is 0 Å². The fourth-order valence-electron chi connectivity index (χ4n) is 0.934. The van der Waals surface area contributed by atoms with Crippen molar-refractivity contribution in [3.63, 3.8) is 0 Å². The molecule has 0 spiro atoms. The molecule has 0 aromatic carbocycles. The second-order valence-corrected chi connectivity index (χ2v) is 2.68. The molecule has 11 heavy (non-hydrogen) atoms. The maximum absolute atomic E-state index is 10.6. The highest BCUT2D eigenvalue weighted by Crippen LogP contribution is 2.00. The molecule has 0 aliphatic heterocycles. The molecule has 1 atom stereocenters. The summed E-state index contributed by atoms with van der Waals surface area (Å²) in [7, 11) is 0. The molecule has 0 rings (SSSR count). The molecular weight excluding hydrogens is 138 g/mol. The predicted octanol–water partition coefficient (Wildman–Crippen LogP) is 1.87. The smallest absolute Gasteiger partial charge is 0.217 e. The Labute approximate surface area is 68.7 Å². The number of hydrogen-bond donors (Lipinski definition) is 1. The number of rotatable bonds is 5. The average molecular weight is 155 g/mol. The van der Waals surface area contributed by atoms with E-state index in [1.165, 1.54) is 6.92 Å². The van der Waals surface area contributed by atoms with Gasteiger partial charge in [0.2, 0.25) is 5.91 Å². The molecule has 0 saturated carbocycles. The summed E-state index contributed by atoms with van der Waals surface area (Å²) in [4.78, 5) is 10.6. The number of nitrogens with one attached hydrogen (secondary N) is 1. The van der Waals surface area contributed by atoms with Gasteiger partial charge in [-0.15, -0.1) is 6.58 Å². The first-order valence-corrected chi connectivity index (χ1v) is 4.10. The van der Waals surface area contributed by atoms with Crippen LogP contribution in [0.4, 0.5) is 0 Å². The van der Waals surface area contributed by atoms with E-state index in [4.69, 9.17) is 0 Å². The summed E-state index contributed by atoms with van der Waals surface area (Å²) in [5.74, 6) is 0.0194. The lowest BCUT2D eigenvalue weighted by atomic mass is 10.1. The Morgan fingerprint density at radius 3 is 2.73 bits per heavy atom. The van der Waals surface area contributed by atoms with Gasteiger partial charge in [-0.3, -0.25) is 4.79 Å². The third kappa shape index (κ3) is 5.64. The van der Waals surface area contributed by atoms with Crippen LogP contribution in [0.25, 0.3) is 0 Å². The monoisotopic (exact) mass is 155 g/mol. The van der Waals surface area contributed by atoms with Gasteiger partial charge in [-0.05, 0) is 6.42 Å². The molecule has 0 fully saturated rings. The van der Waals surface area contributed by atoms with Crippen LogP contribution >= 0.6 is 0 Å². The van der Waals surface area contributed by atoms with Crippen LogP contribution < -0.4 is 5.32 Å². The average Bonchev–Trinajstić information content (AvgIpc) is 1.97.